The largest absolute Gasteiger partial charge is 0.495 e. The van der Waals surface area contributed by atoms with Crippen molar-refractivity contribution in [1.82, 2.24) is 9.80 Å². The van der Waals surface area contributed by atoms with Crippen molar-refractivity contribution in [3.63, 3.8) is 0 Å². The van der Waals surface area contributed by atoms with Gasteiger partial charge in [-0.05, 0) is 50.0 Å². The Hall–Kier alpha value is -0.810. The first-order chi connectivity index (χ1) is 11.1. The Morgan fingerprint density at radius 2 is 1.96 bits per heavy atom. The minimum atomic E-state index is -0.562. The molecule has 0 aromatic heterocycles. The molecule has 3 rings (SSSR count). The lowest BCUT2D eigenvalue weighted by Crippen LogP contribution is -2.46. The number of aliphatic hydroxyl groups is 1. The highest BCUT2D eigenvalue weighted by Gasteiger charge is 2.37. The van der Waals surface area contributed by atoms with Crippen LogP contribution in [0.2, 0.25) is 5.02 Å². The van der Waals surface area contributed by atoms with E-state index < -0.39 is 5.60 Å². The maximum atomic E-state index is 10.9. The van der Waals surface area contributed by atoms with Gasteiger partial charge >= 0.3 is 0 Å². The second kappa shape index (κ2) is 7.39. The number of hydrogen-bond acceptors (Lipinski definition) is 4. The van der Waals surface area contributed by atoms with Crippen molar-refractivity contribution in [3.05, 3.63) is 28.8 Å². The summed E-state index contributed by atoms with van der Waals surface area (Å²) in [5.74, 6) is 0.707. The predicted octanol–water partition coefficient (Wildman–Crippen LogP) is 2.77. The molecule has 2 saturated heterocycles. The number of benzene rings is 1. The monoisotopic (exact) mass is 338 g/mol. The second-order valence-electron chi connectivity index (χ2n) is 6.99. The zero-order valence-corrected chi connectivity index (χ0v) is 14.7. The summed E-state index contributed by atoms with van der Waals surface area (Å²) in [7, 11) is 1.63. The van der Waals surface area contributed by atoms with Gasteiger partial charge in [-0.1, -0.05) is 24.1 Å². The summed E-state index contributed by atoms with van der Waals surface area (Å²) in [6.45, 7) is 5.59. The van der Waals surface area contributed by atoms with E-state index in [0.29, 0.717) is 10.8 Å². The molecule has 0 saturated carbocycles. The van der Waals surface area contributed by atoms with E-state index in [2.05, 4.69) is 9.80 Å². The molecular formula is C18H27ClN2O2. The Bertz CT molecular complexity index is 534. The van der Waals surface area contributed by atoms with Gasteiger partial charge < -0.3 is 14.7 Å². The Balaban J connectivity index is 1.55. The highest BCUT2D eigenvalue weighted by Crippen LogP contribution is 2.28. The van der Waals surface area contributed by atoms with E-state index in [1.54, 1.807) is 7.11 Å². The van der Waals surface area contributed by atoms with Crippen LogP contribution >= 0.6 is 11.6 Å². The lowest BCUT2D eigenvalue weighted by molar-refractivity contribution is 0.00635. The van der Waals surface area contributed by atoms with Crippen LogP contribution in [0.3, 0.4) is 0 Å². The zero-order chi connectivity index (χ0) is 16.3. The summed E-state index contributed by atoms with van der Waals surface area (Å²) in [5.41, 5.74) is 0.603. The van der Waals surface area contributed by atoms with Crippen LogP contribution in [0.25, 0.3) is 0 Å². The van der Waals surface area contributed by atoms with Crippen molar-refractivity contribution in [1.29, 1.82) is 0 Å². The average Bonchev–Trinajstić information content (AvgIpc) is 2.89. The zero-order valence-electron chi connectivity index (χ0n) is 13.9. The number of methoxy groups -OCH3 is 1. The van der Waals surface area contributed by atoms with Crippen LogP contribution in [-0.4, -0.2) is 60.3 Å². The standard InChI is InChI=1S/C18H27ClN2O2/c1-23-17-6-5-15(11-16(17)19)12-21-10-7-18(22,14-21)13-20-8-3-2-4-9-20/h5-6,11,22H,2-4,7-10,12-14H2,1H3/t18-/m1/s1. The Morgan fingerprint density at radius 3 is 2.65 bits per heavy atom. The first-order valence-corrected chi connectivity index (χ1v) is 8.95. The van der Waals surface area contributed by atoms with Gasteiger partial charge in [0.15, 0.2) is 0 Å². The second-order valence-corrected chi connectivity index (χ2v) is 7.40. The van der Waals surface area contributed by atoms with Crippen molar-refractivity contribution >= 4 is 11.6 Å². The third-order valence-electron chi connectivity index (χ3n) is 5.00. The summed E-state index contributed by atoms with van der Waals surface area (Å²) in [5, 5.41) is 11.5. The van der Waals surface area contributed by atoms with Crippen LogP contribution in [0.4, 0.5) is 0 Å². The summed E-state index contributed by atoms with van der Waals surface area (Å²) >= 11 is 6.20. The van der Waals surface area contributed by atoms with E-state index in [9.17, 15) is 5.11 Å². The van der Waals surface area contributed by atoms with Gasteiger partial charge in [-0.3, -0.25) is 4.90 Å². The summed E-state index contributed by atoms with van der Waals surface area (Å²) in [6, 6.07) is 5.92. The van der Waals surface area contributed by atoms with Gasteiger partial charge in [-0.2, -0.15) is 0 Å². The van der Waals surface area contributed by atoms with Crippen molar-refractivity contribution in [2.45, 2.75) is 37.8 Å². The van der Waals surface area contributed by atoms with Gasteiger partial charge in [0.2, 0.25) is 0 Å². The molecule has 2 heterocycles. The van der Waals surface area contributed by atoms with Gasteiger partial charge in [-0.15, -0.1) is 0 Å². The molecule has 1 aromatic carbocycles. The van der Waals surface area contributed by atoms with Crippen molar-refractivity contribution in [2.75, 3.05) is 39.8 Å². The predicted molar refractivity (Wildman–Crippen MR) is 93.1 cm³/mol. The molecule has 0 aliphatic carbocycles. The molecule has 0 radical (unpaired) electrons. The van der Waals surface area contributed by atoms with Gasteiger partial charge in [0.05, 0.1) is 17.7 Å². The molecule has 1 aromatic rings. The Morgan fingerprint density at radius 1 is 1.17 bits per heavy atom. The smallest absolute Gasteiger partial charge is 0.137 e. The van der Waals surface area contributed by atoms with Crippen LogP contribution in [0, 0.1) is 0 Å². The molecule has 1 atom stereocenters. The SMILES string of the molecule is COc1ccc(CN2CC[C@@](O)(CN3CCCCC3)C2)cc1Cl. The number of nitrogens with zero attached hydrogens (tertiary/aromatic N) is 2. The van der Waals surface area contributed by atoms with Crippen LogP contribution in [0.15, 0.2) is 18.2 Å². The number of likely N-dealkylation sites (tertiary alicyclic amines) is 2. The fraction of sp³-hybridized carbons (Fsp3) is 0.667. The molecule has 0 unspecified atom stereocenters. The highest BCUT2D eigenvalue weighted by atomic mass is 35.5. The van der Waals surface area contributed by atoms with Crippen molar-refractivity contribution < 1.29 is 9.84 Å². The molecule has 128 valence electrons. The van der Waals surface area contributed by atoms with E-state index in [4.69, 9.17) is 16.3 Å². The molecule has 1 N–H and O–H groups in total. The number of ether oxygens (including phenoxy) is 1. The highest BCUT2D eigenvalue weighted by molar-refractivity contribution is 6.32. The first-order valence-electron chi connectivity index (χ1n) is 8.57. The van der Waals surface area contributed by atoms with Crippen molar-refractivity contribution in [3.8, 4) is 5.75 Å². The van der Waals surface area contributed by atoms with E-state index in [0.717, 1.165) is 51.3 Å². The fourth-order valence-electron chi connectivity index (χ4n) is 3.80. The maximum absolute atomic E-state index is 10.9. The maximum Gasteiger partial charge on any atom is 0.137 e. The Kier molecular flexibility index (Phi) is 5.47. The van der Waals surface area contributed by atoms with E-state index in [-0.39, 0.29) is 0 Å². The van der Waals surface area contributed by atoms with E-state index >= 15 is 0 Å². The third-order valence-corrected chi connectivity index (χ3v) is 5.30. The number of β-amino-alcohol motifs (C(OH)–C–C–N with tert-alkyl or cyclic N) is 1. The van der Waals surface area contributed by atoms with Gasteiger partial charge in [0, 0.05) is 26.2 Å². The van der Waals surface area contributed by atoms with Crippen LogP contribution in [0.5, 0.6) is 5.75 Å². The van der Waals surface area contributed by atoms with Gasteiger partial charge in [0.1, 0.15) is 5.75 Å². The molecule has 2 aliphatic rings. The number of rotatable bonds is 5. The molecule has 23 heavy (non-hydrogen) atoms. The van der Waals surface area contributed by atoms with Crippen LogP contribution in [0.1, 0.15) is 31.2 Å². The number of halogens is 1. The number of hydrogen-bond donors (Lipinski definition) is 1. The number of piperidine rings is 1. The summed E-state index contributed by atoms with van der Waals surface area (Å²) in [4.78, 5) is 4.75. The minimum absolute atomic E-state index is 0.562. The summed E-state index contributed by atoms with van der Waals surface area (Å²) in [6.07, 6.45) is 4.72. The molecule has 0 spiro atoms. The molecule has 4 nitrogen and oxygen atoms in total. The average molecular weight is 339 g/mol. The van der Waals surface area contributed by atoms with Gasteiger partial charge in [0.25, 0.3) is 0 Å². The van der Waals surface area contributed by atoms with Crippen LogP contribution < -0.4 is 4.74 Å². The normalized spacial score (nSPS) is 26.6. The third kappa shape index (κ3) is 4.38. The van der Waals surface area contributed by atoms with Crippen LogP contribution in [-0.2, 0) is 6.54 Å². The van der Waals surface area contributed by atoms with Crippen molar-refractivity contribution in [2.24, 2.45) is 0 Å². The minimum Gasteiger partial charge on any atom is -0.495 e. The summed E-state index contributed by atoms with van der Waals surface area (Å²) < 4.78 is 5.20. The Labute approximate surface area is 144 Å². The topological polar surface area (TPSA) is 35.9 Å². The fourth-order valence-corrected chi connectivity index (χ4v) is 4.09. The van der Waals surface area contributed by atoms with Gasteiger partial charge in [-0.25, -0.2) is 0 Å². The first kappa shape index (κ1) is 17.0. The molecule has 0 bridgehead atoms. The molecule has 5 heteroatoms. The molecule has 0 amide bonds. The molecular weight excluding hydrogens is 312 g/mol. The van der Waals surface area contributed by atoms with E-state index in [1.165, 1.54) is 19.3 Å². The molecule has 2 aliphatic heterocycles. The molecule has 2 fully saturated rings. The van der Waals surface area contributed by atoms with E-state index in [1.807, 2.05) is 18.2 Å². The lowest BCUT2D eigenvalue weighted by Gasteiger charge is -2.33. The lowest BCUT2D eigenvalue weighted by atomic mass is 10.0. The quantitative estimate of drug-likeness (QED) is 0.895.